The highest BCUT2D eigenvalue weighted by molar-refractivity contribution is 6.30. The van der Waals surface area contributed by atoms with Crippen LogP contribution in [0.1, 0.15) is 12.8 Å². The van der Waals surface area contributed by atoms with Crippen molar-refractivity contribution in [3.63, 3.8) is 0 Å². The Labute approximate surface area is 209 Å². The fourth-order valence-corrected chi connectivity index (χ4v) is 3.89. The number of hydrogen-bond donors (Lipinski definition) is 1. The lowest BCUT2D eigenvalue weighted by Gasteiger charge is -2.08. The molecule has 4 aromatic rings. The molecule has 1 N–H and O–H groups in total. The molecule has 0 saturated heterocycles. The Hall–Kier alpha value is -2.60. The van der Waals surface area contributed by atoms with Crippen molar-refractivity contribution >= 4 is 46.6 Å². The van der Waals surface area contributed by atoms with Crippen LogP contribution in [0.5, 0.6) is 11.5 Å². The van der Waals surface area contributed by atoms with E-state index in [2.05, 4.69) is 12.1 Å². The molecule has 3 aromatic carbocycles. The number of rotatable bonds is 10. The van der Waals surface area contributed by atoms with E-state index in [1.807, 2.05) is 69.8 Å². The summed E-state index contributed by atoms with van der Waals surface area (Å²) in [5, 5.41) is 10.1. The molecule has 0 amide bonds. The van der Waals surface area contributed by atoms with E-state index in [0.717, 1.165) is 35.4 Å². The largest absolute Gasteiger partial charge is 0.494 e. The number of para-hydroxylation sites is 2. The van der Waals surface area contributed by atoms with Gasteiger partial charge in [0.2, 0.25) is 5.62 Å². The molecule has 174 valence electrons. The number of hydrogen-bond acceptors (Lipinski definition) is 3. The summed E-state index contributed by atoms with van der Waals surface area (Å²) in [5.41, 5.74) is 2.61. The molecule has 0 aliphatic carbocycles. The predicted molar refractivity (Wildman–Crippen MR) is 136 cm³/mol. The minimum Gasteiger partial charge on any atom is -0.494 e. The summed E-state index contributed by atoms with van der Waals surface area (Å²) in [7, 11) is 0. The number of nitrogens with zero attached hydrogens (tertiary/aromatic N) is 2. The van der Waals surface area contributed by atoms with Gasteiger partial charge in [0.05, 0.1) is 24.2 Å². The maximum Gasteiger partial charge on any atom is 0.202 e. The van der Waals surface area contributed by atoms with Crippen molar-refractivity contribution < 1.29 is 9.47 Å². The highest BCUT2D eigenvalue weighted by atomic mass is 35.5. The first kappa shape index (κ1) is 25.0. The highest BCUT2D eigenvalue weighted by Crippen LogP contribution is 2.18. The maximum absolute atomic E-state index is 8.74. The average Bonchev–Trinajstić information content (AvgIpc) is 3.07. The third kappa shape index (κ3) is 6.47. The van der Waals surface area contributed by atoms with E-state index in [1.165, 1.54) is 0 Å². The van der Waals surface area contributed by atoms with Gasteiger partial charge < -0.3 is 18.6 Å². The van der Waals surface area contributed by atoms with Crippen LogP contribution in [-0.2, 0) is 13.1 Å². The van der Waals surface area contributed by atoms with E-state index in [1.54, 1.807) is 0 Å². The van der Waals surface area contributed by atoms with E-state index in [4.69, 9.17) is 38.1 Å². The summed E-state index contributed by atoms with van der Waals surface area (Å²) in [6, 6.07) is 22.9. The Balaban J connectivity index is 0.00000306. The molecule has 0 fully saturated rings. The zero-order chi connectivity index (χ0) is 22.3. The van der Waals surface area contributed by atoms with Crippen LogP contribution in [0.3, 0.4) is 0 Å². The molecule has 0 spiro atoms. The van der Waals surface area contributed by atoms with Gasteiger partial charge in [0.1, 0.15) is 11.5 Å². The van der Waals surface area contributed by atoms with Gasteiger partial charge >= 0.3 is 0 Å². The van der Waals surface area contributed by atoms with Crippen LogP contribution in [0, 0.1) is 5.41 Å². The lowest BCUT2D eigenvalue weighted by Crippen LogP contribution is -2.26. The molecule has 0 atom stereocenters. The summed E-state index contributed by atoms with van der Waals surface area (Å²) in [6.07, 6.45) is 1.60. The highest BCUT2D eigenvalue weighted by Gasteiger charge is 2.10. The molecular weight excluding hydrogens is 481 g/mol. The Morgan fingerprint density at radius 2 is 1.03 bits per heavy atom. The predicted octanol–water partition coefficient (Wildman–Crippen LogP) is 6.59. The van der Waals surface area contributed by atoms with Crippen LogP contribution < -0.4 is 15.1 Å². The van der Waals surface area contributed by atoms with Gasteiger partial charge in [-0.3, -0.25) is 5.41 Å². The topological polar surface area (TPSA) is 52.2 Å². The Kier molecular flexibility index (Phi) is 9.12. The molecule has 0 radical (unpaired) electrons. The third-order valence-electron chi connectivity index (χ3n) is 5.19. The lowest BCUT2D eigenvalue weighted by atomic mass is 10.3. The van der Waals surface area contributed by atoms with Gasteiger partial charge in [-0.2, -0.15) is 0 Å². The molecule has 0 aliphatic heterocycles. The molecule has 1 heterocycles. The third-order valence-corrected chi connectivity index (χ3v) is 5.70. The first-order valence-corrected chi connectivity index (χ1v) is 11.4. The van der Waals surface area contributed by atoms with Gasteiger partial charge in [-0.15, -0.1) is 12.4 Å². The van der Waals surface area contributed by atoms with Gasteiger partial charge in [0.25, 0.3) is 0 Å². The summed E-state index contributed by atoms with van der Waals surface area (Å²) < 4.78 is 15.7. The van der Waals surface area contributed by atoms with Gasteiger partial charge in [0.15, 0.2) is 0 Å². The zero-order valence-corrected chi connectivity index (χ0v) is 20.4. The van der Waals surface area contributed by atoms with Gasteiger partial charge in [-0.25, -0.2) is 0 Å². The SMILES string of the molecule is Cl.N=c1n(CCCOc2ccc(Cl)cc2)c2ccccc2n1CCCOc1ccc(Cl)cc1. The standard InChI is InChI=1S/C25H25Cl2N3O2.ClH/c26-19-7-11-21(12-8-19)31-17-3-15-29-23-5-1-2-6-24(23)30(25(29)28)16-4-18-32-22-13-9-20(27)10-14-22;/h1-2,5-14,28H,3-4,15-18H2;1H. The van der Waals surface area contributed by atoms with Crippen molar-refractivity contribution in [1.82, 2.24) is 9.13 Å². The van der Waals surface area contributed by atoms with Crippen molar-refractivity contribution in [2.24, 2.45) is 0 Å². The number of halogens is 3. The van der Waals surface area contributed by atoms with Crippen molar-refractivity contribution in [3.8, 4) is 11.5 Å². The molecule has 8 heteroatoms. The fraction of sp³-hybridized carbons (Fsp3) is 0.240. The van der Waals surface area contributed by atoms with Gasteiger partial charge in [0, 0.05) is 23.1 Å². The zero-order valence-electron chi connectivity index (χ0n) is 18.0. The second-order valence-corrected chi connectivity index (χ2v) is 8.30. The second kappa shape index (κ2) is 12.0. The normalized spacial score (nSPS) is 10.7. The molecule has 0 unspecified atom stereocenters. The molecular formula is C25H26Cl3N3O2. The molecule has 1 aromatic heterocycles. The molecule has 4 rings (SSSR count). The van der Waals surface area contributed by atoms with Crippen LogP contribution in [0.2, 0.25) is 10.0 Å². The van der Waals surface area contributed by atoms with Crippen LogP contribution in [0.25, 0.3) is 11.0 Å². The number of aromatic nitrogens is 2. The number of nitrogens with one attached hydrogen (secondary N) is 1. The molecule has 0 bridgehead atoms. The van der Waals surface area contributed by atoms with E-state index in [9.17, 15) is 0 Å². The lowest BCUT2D eigenvalue weighted by molar-refractivity contribution is 0.297. The number of fused-ring (bicyclic) bond motifs is 1. The maximum atomic E-state index is 8.74. The van der Waals surface area contributed by atoms with E-state index < -0.39 is 0 Å². The first-order chi connectivity index (χ1) is 15.6. The first-order valence-electron chi connectivity index (χ1n) is 10.6. The minimum absolute atomic E-state index is 0. The van der Waals surface area contributed by atoms with E-state index in [0.29, 0.717) is 42.0 Å². The Morgan fingerprint density at radius 3 is 1.42 bits per heavy atom. The van der Waals surface area contributed by atoms with Crippen LogP contribution in [0.4, 0.5) is 0 Å². The monoisotopic (exact) mass is 505 g/mol. The van der Waals surface area contributed by atoms with Crippen LogP contribution in [0.15, 0.2) is 72.8 Å². The van der Waals surface area contributed by atoms with E-state index in [-0.39, 0.29) is 12.4 Å². The van der Waals surface area contributed by atoms with Crippen LogP contribution in [-0.4, -0.2) is 22.3 Å². The minimum atomic E-state index is 0. The number of ether oxygens (including phenoxy) is 2. The van der Waals surface area contributed by atoms with Crippen LogP contribution >= 0.6 is 35.6 Å². The van der Waals surface area contributed by atoms with Gasteiger partial charge in [-0.1, -0.05) is 35.3 Å². The van der Waals surface area contributed by atoms with Crippen molar-refractivity contribution in [3.05, 3.63) is 88.5 Å². The molecule has 0 aliphatic rings. The average molecular weight is 507 g/mol. The smallest absolute Gasteiger partial charge is 0.202 e. The second-order valence-electron chi connectivity index (χ2n) is 7.43. The summed E-state index contributed by atoms with van der Waals surface area (Å²) in [6.45, 7) is 2.56. The van der Waals surface area contributed by atoms with Crippen molar-refractivity contribution in [2.75, 3.05) is 13.2 Å². The summed E-state index contributed by atoms with van der Waals surface area (Å²) in [4.78, 5) is 0. The number of benzene rings is 3. The number of aryl methyl sites for hydroxylation is 2. The van der Waals surface area contributed by atoms with Crippen molar-refractivity contribution in [2.45, 2.75) is 25.9 Å². The number of imidazole rings is 1. The van der Waals surface area contributed by atoms with Crippen molar-refractivity contribution in [1.29, 1.82) is 5.41 Å². The Bertz CT molecular complexity index is 1130. The molecule has 0 saturated carbocycles. The summed E-state index contributed by atoms with van der Waals surface area (Å²) in [5.74, 6) is 1.60. The van der Waals surface area contributed by atoms with E-state index >= 15 is 0 Å². The summed E-state index contributed by atoms with van der Waals surface area (Å²) >= 11 is 11.8. The quantitative estimate of drug-likeness (QED) is 0.247. The molecule has 5 nitrogen and oxygen atoms in total. The molecule has 33 heavy (non-hydrogen) atoms. The Morgan fingerprint density at radius 1 is 0.636 bits per heavy atom. The fourth-order valence-electron chi connectivity index (χ4n) is 3.63. The van der Waals surface area contributed by atoms with Gasteiger partial charge in [-0.05, 0) is 73.5 Å².